The fourth-order valence-corrected chi connectivity index (χ4v) is 3.16. The smallest absolute Gasteiger partial charge is 0.248 e. The minimum absolute atomic E-state index is 0.348. The number of nitrogens with one attached hydrogen (secondary N) is 1. The van der Waals surface area contributed by atoms with E-state index in [0.717, 1.165) is 31.5 Å². The molecule has 3 N–H and O–H groups in total. The summed E-state index contributed by atoms with van der Waals surface area (Å²) in [7, 11) is 0. The van der Waals surface area contributed by atoms with Gasteiger partial charge in [-0.1, -0.05) is 12.1 Å². The van der Waals surface area contributed by atoms with Crippen molar-refractivity contribution in [1.82, 2.24) is 10.2 Å². The molecule has 2 saturated heterocycles. The van der Waals surface area contributed by atoms with E-state index in [1.807, 2.05) is 12.1 Å². The quantitative estimate of drug-likeness (QED) is 0.812. The lowest BCUT2D eigenvalue weighted by molar-refractivity contribution is 0.1000. The van der Waals surface area contributed by atoms with Crippen LogP contribution in [0.3, 0.4) is 0 Å². The third-order valence-corrected chi connectivity index (χ3v) is 4.08. The Morgan fingerprint density at radius 2 is 2.06 bits per heavy atom. The van der Waals surface area contributed by atoms with Gasteiger partial charge < -0.3 is 11.1 Å². The molecule has 96 valence electrons. The third kappa shape index (κ3) is 2.26. The zero-order valence-corrected chi connectivity index (χ0v) is 10.4. The van der Waals surface area contributed by atoms with Crippen LogP contribution in [0.2, 0.25) is 0 Å². The normalized spacial score (nSPS) is 27.3. The van der Waals surface area contributed by atoms with E-state index in [-0.39, 0.29) is 5.91 Å². The summed E-state index contributed by atoms with van der Waals surface area (Å²) in [6, 6.07) is 7.66. The fraction of sp³-hybridized carbons (Fsp3) is 0.500. The second-order valence-corrected chi connectivity index (χ2v) is 5.44. The molecule has 2 aliphatic heterocycles. The van der Waals surface area contributed by atoms with E-state index in [1.165, 1.54) is 18.7 Å². The van der Waals surface area contributed by atoms with Crippen LogP contribution in [0.1, 0.15) is 15.9 Å². The second kappa shape index (κ2) is 4.71. The molecular formula is C14H19N3O. The van der Waals surface area contributed by atoms with E-state index in [2.05, 4.69) is 16.3 Å². The first-order valence-corrected chi connectivity index (χ1v) is 6.54. The molecule has 0 saturated carbocycles. The SMILES string of the molecule is NC(=O)c1cccc(CN2CC3CNCC3C2)c1. The Bertz CT molecular complexity index is 448. The molecule has 4 heteroatoms. The molecule has 0 bridgehead atoms. The molecule has 2 heterocycles. The van der Waals surface area contributed by atoms with Crippen LogP contribution >= 0.6 is 0 Å². The summed E-state index contributed by atoms with van der Waals surface area (Å²) < 4.78 is 0. The van der Waals surface area contributed by atoms with Gasteiger partial charge in [0, 0.05) is 25.2 Å². The molecule has 2 fully saturated rings. The highest BCUT2D eigenvalue weighted by Crippen LogP contribution is 2.27. The highest BCUT2D eigenvalue weighted by atomic mass is 16.1. The molecule has 2 aliphatic rings. The number of hydrogen-bond acceptors (Lipinski definition) is 3. The second-order valence-electron chi connectivity index (χ2n) is 5.44. The first-order chi connectivity index (χ1) is 8.72. The lowest BCUT2D eigenvalue weighted by Crippen LogP contribution is -2.25. The van der Waals surface area contributed by atoms with E-state index in [4.69, 9.17) is 5.73 Å². The van der Waals surface area contributed by atoms with Gasteiger partial charge in [-0.3, -0.25) is 9.69 Å². The van der Waals surface area contributed by atoms with Crippen LogP contribution < -0.4 is 11.1 Å². The Labute approximate surface area is 107 Å². The number of nitrogens with zero attached hydrogens (tertiary/aromatic N) is 1. The molecule has 0 spiro atoms. The van der Waals surface area contributed by atoms with Crippen molar-refractivity contribution >= 4 is 5.91 Å². The van der Waals surface area contributed by atoms with Crippen molar-refractivity contribution in [2.45, 2.75) is 6.54 Å². The van der Waals surface area contributed by atoms with Crippen LogP contribution in [-0.4, -0.2) is 37.0 Å². The van der Waals surface area contributed by atoms with Gasteiger partial charge in [0.25, 0.3) is 0 Å². The van der Waals surface area contributed by atoms with E-state index in [9.17, 15) is 4.79 Å². The largest absolute Gasteiger partial charge is 0.366 e. The van der Waals surface area contributed by atoms with Gasteiger partial charge in [-0.15, -0.1) is 0 Å². The Kier molecular flexibility index (Phi) is 3.06. The first kappa shape index (κ1) is 11.7. The number of carbonyl (C=O) groups is 1. The molecule has 3 rings (SSSR count). The monoisotopic (exact) mass is 245 g/mol. The van der Waals surface area contributed by atoms with E-state index in [1.54, 1.807) is 6.07 Å². The molecule has 2 unspecified atom stereocenters. The summed E-state index contributed by atoms with van der Waals surface area (Å²) in [6.07, 6.45) is 0. The first-order valence-electron chi connectivity index (χ1n) is 6.54. The predicted octanol–water partition coefficient (Wildman–Crippen LogP) is 0.437. The summed E-state index contributed by atoms with van der Waals surface area (Å²) in [5, 5.41) is 3.44. The summed E-state index contributed by atoms with van der Waals surface area (Å²) in [5.74, 6) is 1.27. The van der Waals surface area contributed by atoms with E-state index in [0.29, 0.717) is 5.56 Å². The van der Waals surface area contributed by atoms with Gasteiger partial charge in [0.15, 0.2) is 0 Å². The highest BCUT2D eigenvalue weighted by molar-refractivity contribution is 5.92. The number of fused-ring (bicyclic) bond motifs is 1. The van der Waals surface area contributed by atoms with Gasteiger partial charge in [-0.05, 0) is 42.6 Å². The topological polar surface area (TPSA) is 58.4 Å². The molecule has 18 heavy (non-hydrogen) atoms. The van der Waals surface area contributed by atoms with Crippen molar-refractivity contribution in [3.63, 3.8) is 0 Å². The van der Waals surface area contributed by atoms with Crippen LogP contribution in [-0.2, 0) is 6.54 Å². The van der Waals surface area contributed by atoms with Crippen molar-refractivity contribution in [2.24, 2.45) is 17.6 Å². The van der Waals surface area contributed by atoms with Crippen LogP contribution in [0.4, 0.5) is 0 Å². The maximum Gasteiger partial charge on any atom is 0.248 e. The fourth-order valence-electron chi connectivity index (χ4n) is 3.16. The van der Waals surface area contributed by atoms with Gasteiger partial charge in [0.1, 0.15) is 0 Å². The third-order valence-electron chi connectivity index (χ3n) is 4.08. The predicted molar refractivity (Wildman–Crippen MR) is 70.1 cm³/mol. The van der Waals surface area contributed by atoms with E-state index < -0.39 is 0 Å². The van der Waals surface area contributed by atoms with Crippen molar-refractivity contribution in [3.8, 4) is 0 Å². The number of primary amides is 1. The zero-order valence-electron chi connectivity index (χ0n) is 10.4. The lowest BCUT2D eigenvalue weighted by atomic mass is 10.0. The molecular weight excluding hydrogens is 226 g/mol. The van der Waals surface area contributed by atoms with Crippen molar-refractivity contribution in [3.05, 3.63) is 35.4 Å². The van der Waals surface area contributed by atoms with Crippen LogP contribution in [0.5, 0.6) is 0 Å². The van der Waals surface area contributed by atoms with Gasteiger partial charge in [0.2, 0.25) is 5.91 Å². The number of rotatable bonds is 3. The van der Waals surface area contributed by atoms with Gasteiger partial charge in [0.05, 0.1) is 0 Å². The average molecular weight is 245 g/mol. The number of amides is 1. The Morgan fingerprint density at radius 3 is 2.72 bits per heavy atom. The molecule has 4 nitrogen and oxygen atoms in total. The number of nitrogens with two attached hydrogens (primary N) is 1. The molecule has 1 aromatic carbocycles. The number of benzene rings is 1. The summed E-state index contributed by atoms with van der Waals surface area (Å²) in [5.41, 5.74) is 7.09. The summed E-state index contributed by atoms with van der Waals surface area (Å²) in [6.45, 7) is 5.57. The summed E-state index contributed by atoms with van der Waals surface area (Å²) in [4.78, 5) is 13.6. The minimum Gasteiger partial charge on any atom is -0.366 e. The van der Waals surface area contributed by atoms with Crippen molar-refractivity contribution < 1.29 is 4.79 Å². The number of likely N-dealkylation sites (tertiary alicyclic amines) is 1. The molecule has 0 aliphatic carbocycles. The van der Waals surface area contributed by atoms with Crippen LogP contribution in [0.15, 0.2) is 24.3 Å². The van der Waals surface area contributed by atoms with E-state index >= 15 is 0 Å². The Hall–Kier alpha value is -1.39. The van der Waals surface area contributed by atoms with Gasteiger partial charge in [-0.2, -0.15) is 0 Å². The van der Waals surface area contributed by atoms with Crippen molar-refractivity contribution in [2.75, 3.05) is 26.2 Å². The maximum absolute atomic E-state index is 11.2. The van der Waals surface area contributed by atoms with Gasteiger partial charge >= 0.3 is 0 Å². The number of hydrogen-bond donors (Lipinski definition) is 2. The molecule has 1 amide bonds. The molecule has 2 atom stereocenters. The van der Waals surface area contributed by atoms with Crippen LogP contribution in [0, 0.1) is 11.8 Å². The Balaban J connectivity index is 1.66. The zero-order chi connectivity index (χ0) is 12.5. The number of carbonyl (C=O) groups excluding carboxylic acids is 1. The highest BCUT2D eigenvalue weighted by Gasteiger charge is 2.35. The molecule has 0 radical (unpaired) electrons. The standard InChI is InChI=1S/C14H19N3O/c15-14(18)11-3-1-2-10(4-11)7-17-8-12-5-16-6-13(12)9-17/h1-4,12-13,16H,5-9H2,(H2,15,18). The maximum atomic E-state index is 11.2. The van der Waals surface area contributed by atoms with Crippen molar-refractivity contribution in [1.29, 1.82) is 0 Å². The summed E-state index contributed by atoms with van der Waals surface area (Å²) >= 11 is 0. The molecule has 1 aromatic rings. The average Bonchev–Trinajstić information content (AvgIpc) is 2.90. The van der Waals surface area contributed by atoms with Gasteiger partial charge in [-0.25, -0.2) is 0 Å². The van der Waals surface area contributed by atoms with Crippen LogP contribution in [0.25, 0.3) is 0 Å². The minimum atomic E-state index is -0.348. The Morgan fingerprint density at radius 1 is 1.33 bits per heavy atom. The molecule has 0 aromatic heterocycles. The lowest BCUT2D eigenvalue weighted by Gasteiger charge is -2.17.